The van der Waals surface area contributed by atoms with E-state index in [9.17, 15) is 0 Å². The number of imidazole rings is 1. The number of benzene rings is 1. The molecule has 0 spiro atoms. The second kappa shape index (κ2) is 5.17. The maximum Gasteiger partial charge on any atom is 0.101 e. The van der Waals surface area contributed by atoms with E-state index in [0.717, 1.165) is 12.2 Å². The monoisotopic (exact) mass is 226 g/mol. The van der Waals surface area contributed by atoms with Crippen LogP contribution >= 0.6 is 0 Å². The fourth-order valence-corrected chi connectivity index (χ4v) is 1.73. The van der Waals surface area contributed by atoms with Gasteiger partial charge < -0.3 is 9.88 Å². The topological polar surface area (TPSA) is 53.6 Å². The van der Waals surface area contributed by atoms with E-state index in [2.05, 4.69) is 23.3 Å². The first-order valence-electron chi connectivity index (χ1n) is 5.51. The van der Waals surface area contributed by atoms with Crippen LogP contribution in [0.15, 0.2) is 43.0 Å². The van der Waals surface area contributed by atoms with Crippen LogP contribution in [-0.2, 0) is 6.54 Å². The van der Waals surface area contributed by atoms with Crippen molar-refractivity contribution < 1.29 is 0 Å². The lowest BCUT2D eigenvalue weighted by atomic mass is 10.2. The number of aromatic nitrogens is 2. The van der Waals surface area contributed by atoms with Gasteiger partial charge in [0.1, 0.15) is 6.07 Å². The van der Waals surface area contributed by atoms with Crippen LogP contribution < -0.4 is 5.32 Å². The van der Waals surface area contributed by atoms with E-state index in [4.69, 9.17) is 5.26 Å². The molecule has 0 aliphatic carbocycles. The van der Waals surface area contributed by atoms with E-state index >= 15 is 0 Å². The van der Waals surface area contributed by atoms with Gasteiger partial charge in [0.15, 0.2) is 0 Å². The average molecular weight is 226 g/mol. The van der Waals surface area contributed by atoms with E-state index in [1.165, 1.54) is 0 Å². The van der Waals surface area contributed by atoms with E-state index in [-0.39, 0.29) is 6.04 Å². The summed E-state index contributed by atoms with van der Waals surface area (Å²) in [6.45, 7) is 2.90. The molecule has 0 bridgehead atoms. The number of nitrogens with one attached hydrogen (secondary N) is 1. The van der Waals surface area contributed by atoms with E-state index < -0.39 is 0 Å². The molecule has 86 valence electrons. The van der Waals surface area contributed by atoms with Crippen LogP contribution in [0.3, 0.4) is 0 Å². The van der Waals surface area contributed by atoms with Crippen LogP contribution in [0.25, 0.3) is 0 Å². The summed E-state index contributed by atoms with van der Waals surface area (Å²) < 4.78 is 2.01. The Hall–Kier alpha value is -2.28. The molecule has 17 heavy (non-hydrogen) atoms. The van der Waals surface area contributed by atoms with Crippen molar-refractivity contribution in [2.75, 3.05) is 5.32 Å². The Morgan fingerprint density at radius 1 is 1.47 bits per heavy atom. The fraction of sp³-hybridized carbons (Fsp3) is 0.231. The molecule has 1 aromatic carbocycles. The number of hydrogen-bond donors (Lipinski definition) is 1. The molecule has 0 radical (unpaired) electrons. The smallest absolute Gasteiger partial charge is 0.101 e. The molecule has 4 heteroatoms. The zero-order chi connectivity index (χ0) is 12.1. The number of para-hydroxylation sites is 1. The Morgan fingerprint density at radius 2 is 2.29 bits per heavy atom. The SMILES string of the molecule is CC(Cn1ccnc1)Nc1ccccc1C#N. The van der Waals surface area contributed by atoms with E-state index in [1.54, 1.807) is 12.5 Å². The van der Waals surface area contributed by atoms with Crippen molar-refractivity contribution in [1.29, 1.82) is 5.26 Å². The fourth-order valence-electron chi connectivity index (χ4n) is 1.73. The van der Waals surface area contributed by atoms with Crippen molar-refractivity contribution in [3.8, 4) is 6.07 Å². The summed E-state index contributed by atoms with van der Waals surface area (Å²) in [5, 5.41) is 12.3. The van der Waals surface area contributed by atoms with Crippen LogP contribution in [-0.4, -0.2) is 15.6 Å². The number of nitriles is 1. The highest BCUT2D eigenvalue weighted by molar-refractivity contribution is 5.57. The van der Waals surface area contributed by atoms with Crippen molar-refractivity contribution in [2.45, 2.75) is 19.5 Å². The summed E-state index contributed by atoms with van der Waals surface area (Å²) in [5.41, 5.74) is 1.55. The van der Waals surface area contributed by atoms with Gasteiger partial charge in [-0.25, -0.2) is 4.98 Å². The van der Waals surface area contributed by atoms with Crippen LogP contribution in [0.1, 0.15) is 12.5 Å². The van der Waals surface area contributed by atoms with Gasteiger partial charge in [-0.15, -0.1) is 0 Å². The highest BCUT2D eigenvalue weighted by Gasteiger charge is 2.05. The normalized spacial score (nSPS) is 11.8. The quantitative estimate of drug-likeness (QED) is 0.870. The van der Waals surface area contributed by atoms with Gasteiger partial charge in [-0.2, -0.15) is 5.26 Å². The molecule has 1 atom stereocenters. The summed E-state index contributed by atoms with van der Waals surface area (Å²) in [4.78, 5) is 4.00. The molecule has 0 saturated heterocycles. The molecular formula is C13H14N4. The summed E-state index contributed by atoms with van der Waals surface area (Å²) in [6.07, 6.45) is 5.47. The van der Waals surface area contributed by atoms with Crippen molar-refractivity contribution in [2.24, 2.45) is 0 Å². The van der Waals surface area contributed by atoms with Crippen LogP contribution in [0, 0.1) is 11.3 Å². The molecule has 0 amide bonds. The maximum absolute atomic E-state index is 8.98. The van der Waals surface area contributed by atoms with Gasteiger partial charge in [-0.05, 0) is 19.1 Å². The van der Waals surface area contributed by atoms with E-state index in [0.29, 0.717) is 5.56 Å². The Balaban J connectivity index is 2.03. The van der Waals surface area contributed by atoms with Crippen molar-refractivity contribution in [3.63, 3.8) is 0 Å². The van der Waals surface area contributed by atoms with Crippen LogP contribution in [0.2, 0.25) is 0 Å². The summed E-state index contributed by atoms with van der Waals surface area (Å²) >= 11 is 0. The zero-order valence-electron chi connectivity index (χ0n) is 9.67. The van der Waals surface area contributed by atoms with Crippen LogP contribution in [0.4, 0.5) is 5.69 Å². The first kappa shape index (κ1) is 11.2. The minimum atomic E-state index is 0.235. The number of nitrogens with zero attached hydrogens (tertiary/aromatic N) is 3. The maximum atomic E-state index is 8.98. The Labute approximate surface area is 101 Å². The number of hydrogen-bond acceptors (Lipinski definition) is 3. The Morgan fingerprint density at radius 3 is 3.00 bits per heavy atom. The Kier molecular flexibility index (Phi) is 3.41. The second-order valence-corrected chi connectivity index (χ2v) is 3.96. The summed E-state index contributed by atoms with van der Waals surface area (Å²) in [7, 11) is 0. The largest absolute Gasteiger partial charge is 0.380 e. The van der Waals surface area contributed by atoms with Gasteiger partial charge in [0.25, 0.3) is 0 Å². The molecule has 4 nitrogen and oxygen atoms in total. The molecular weight excluding hydrogens is 212 g/mol. The molecule has 0 aliphatic heterocycles. The van der Waals surface area contributed by atoms with Crippen molar-refractivity contribution in [3.05, 3.63) is 48.5 Å². The second-order valence-electron chi connectivity index (χ2n) is 3.96. The zero-order valence-corrected chi connectivity index (χ0v) is 9.67. The van der Waals surface area contributed by atoms with Gasteiger partial charge in [0.05, 0.1) is 17.6 Å². The Bertz CT molecular complexity index is 510. The molecule has 0 saturated carbocycles. The minimum Gasteiger partial charge on any atom is -0.380 e. The standard InChI is InChI=1S/C13H14N4/c1-11(9-17-7-6-15-10-17)16-13-5-3-2-4-12(13)8-14/h2-7,10-11,16H,9H2,1H3. The molecule has 1 unspecified atom stereocenters. The summed E-state index contributed by atoms with van der Waals surface area (Å²) in [5.74, 6) is 0. The third-order valence-electron chi connectivity index (χ3n) is 2.49. The molecule has 1 heterocycles. The third-order valence-corrected chi connectivity index (χ3v) is 2.49. The number of rotatable bonds is 4. The van der Waals surface area contributed by atoms with Gasteiger partial charge in [0.2, 0.25) is 0 Å². The predicted molar refractivity (Wildman–Crippen MR) is 66.5 cm³/mol. The van der Waals surface area contributed by atoms with Crippen molar-refractivity contribution >= 4 is 5.69 Å². The third kappa shape index (κ3) is 2.85. The minimum absolute atomic E-state index is 0.235. The lowest BCUT2D eigenvalue weighted by Crippen LogP contribution is -2.21. The molecule has 0 aliphatic rings. The molecule has 1 aromatic heterocycles. The van der Waals surface area contributed by atoms with Gasteiger partial charge in [-0.3, -0.25) is 0 Å². The predicted octanol–water partition coefficient (Wildman–Crippen LogP) is 2.26. The first-order valence-corrected chi connectivity index (χ1v) is 5.51. The first-order chi connectivity index (χ1) is 8.29. The van der Waals surface area contributed by atoms with Gasteiger partial charge in [0, 0.05) is 25.0 Å². The highest BCUT2D eigenvalue weighted by Crippen LogP contribution is 2.15. The molecule has 2 aromatic rings. The van der Waals surface area contributed by atoms with Gasteiger partial charge in [-0.1, -0.05) is 12.1 Å². The molecule has 1 N–H and O–H groups in total. The molecule has 2 rings (SSSR count). The van der Waals surface area contributed by atoms with Crippen molar-refractivity contribution in [1.82, 2.24) is 9.55 Å². The summed E-state index contributed by atoms with van der Waals surface area (Å²) in [6, 6.07) is 9.93. The van der Waals surface area contributed by atoms with Crippen LogP contribution in [0.5, 0.6) is 0 Å². The number of anilines is 1. The van der Waals surface area contributed by atoms with Gasteiger partial charge >= 0.3 is 0 Å². The lowest BCUT2D eigenvalue weighted by molar-refractivity contribution is 0.619. The van der Waals surface area contributed by atoms with E-state index in [1.807, 2.05) is 35.0 Å². The average Bonchev–Trinajstić information content (AvgIpc) is 2.82. The highest BCUT2D eigenvalue weighted by atomic mass is 15.1. The molecule has 0 fully saturated rings. The lowest BCUT2D eigenvalue weighted by Gasteiger charge is -2.16.